The number of hydrogen-bond acceptors (Lipinski definition) is 8. The molecular weight excluding hydrogens is 452 g/mol. The van der Waals surface area contributed by atoms with Gasteiger partial charge in [-0.1, -0.05) is 26.0 Å². The van der Waals surface area contributed by atoms with Gasteiger partial charge in [0.25, 0.3) is 0 Å². The Labute approximate surface area is 206 Å². The van der Waals surface area contributed by atoms with Crippen LogP contribution in [0.3, 0.4) is 0 Å². The molecule has 0 aromatic heterocycles. The van der Waals surface area contributed by atoms with Gasteiger partial charge in [0.05, 0.1) is 40.4 Å². The quantitative estimate of drug-likeness (QED) is 0.462. The van der Waals surface area contributed by atoms with Crippen molar-refractivity contribution in [3.63, 3.8) is 0 Å². The molecule has 0 saturated carbocycles. The second-order valence-electron chi connectivity index (χ2n) is 8.21. The Morgan fingerprint density at radius 2 is 1.47 bits per heavy atom. The first-order valence-corrected chi connectivity index (χ1v) is 12.2. The lowest BCUT2D eigenvalue weighted by Gasteiger charge is -2.27. The van der Waals surface area contributed by atoms with Crippen LogP contribution >= 0.6 is 11.8 Å². The molecule has 0 saturated heterocycles. The predicted octanol–water partition coefficient (Wildman–Crippen LogP) is 5.04. The molecule has 34 heavy (non-hydrogen) atoms. The summed E-state index contributed by atoms with van der Waals surface area (Å²) in [4.78, 5) is 10.7. The Bertz CT molecular complexity index is 1020. The highest BCUT2D eigenvalue weighted by Crippen LogP contribution is 2.39. The molecule has 0 fully saturated rings. The third kappa shape index (κ3) is 5.97. The largest absolute Gasteiger partial charge is 0.497 e. The lowest BCUT2D eigenvalue weighted by Crippen LogP contribution is -2.38. The van der Waals surface area contributed by atoms with Gasteiger partial charge in [-0.15, -0.1) is 11.8 Å². The highest BCUT2D eigenvalue weighted by Gasteiger charge is 2.32. The summed E-state index contributed by atoms with van der Waals surface area (Å²) in [7, 11) is 8.28. The molecule has 2 atom stereocenters. The summed E-state index contributed by atoms with van der Waals surface area (Å²) in [6.45, 7) is 4.19. The fourth-order valence-corrected chi connectivity index (χ4v) is 4.91. The molecule has 1 heterocycles. The lowest BCUT2D eigenvalue weighted by atomic mass is 10.00. The zero-order valence-corrected chi connectivity index (χ0v) is 21.8. The topological polar surface area (TPSA) is 70.9 Å². The molecule has 1 aliphatic rings. The Morgan fingerprint density at radius 3 is 2.03 bits per heavy atom. The van der Waals surface area contributed by atoms with E-state index in [9.17, 15) is 0 Å². The minimum atomic E-state index is -0.299. The number of benzene rings is 2. The summed E-state index contributed by atoms with van der Waals surface area (Å²) < 4.78 is 27.8. The predicted molar refractivity (Wildman–Crippen MR) is 137 cm³/mol. The van der Waals surface area contributed by atoms with Crippen molar-refractivity contribution in [2.75, 3.05) is 35.5 Å². The Hall–Kier alpha value is -2.87. The molecule has 184 valence electrons. The number of nitrogens with zero attached hydrogens (tertiary/aromatic N) is 2. The maximum absolute atomic E-state index is 5.74. The number of methoxy groups -OCH3 is 5. The van der Waals surface area contributed by atoms with Crippen molar-refractivity contribution in [1.82, 2.24) is 0 Å². The van der Waals surface area contributed by atoms with Gasteiger partial charge in [-0.25, -0.2) is 9.98 Å². The third-order valence-corrected chi connectivity index (χ3v) is 6.88. The van der Waals surface area contributed by atoms with Crippen LogP contribution in [0.4, 0.5) is 0 Å². The molecule has 0 radical (unpaired) electrons. The smallest absolute Gasteiger partial charge is 0.209 e. The van der Waals surface area contributed by atoms with Gasteiger partial charge in [0, 0.05) is 18.2 Å². The fraction of sp³-hybridized carbons (Fsp3) is 0.462. The van der Waals surface area contributed by atoms with Crippen LogP contribution in [-0.2, 0) is 21.6 Å². The van der Waals surface area contributed by atoms with Gasteiger partial charge in [-0.3, -0.25) is 0 Å². The van der Waals surface area contributed by atoms with E-state index >= 15 is 0 Å². The third-order valence-electron chi connectivity index (χ3n) is 5.65. The molecule has 0 bridgehead atoms. The lowest BCUT2D eigenvalue weighted by molar-refractivity contribution is 0.332. The minimum absolute atomic E-state index is 0.153. The van der Waals surface area contributed by atoms with E-state index in [1.165, 1.54) is 5.56 Å². The van der Waals surface area contributed by atoms with Crippen LogP contribution in [-0.4, -0.2) is 59.4 Å². The van der Waals surface area contributed by atoms with Crippen molar-refractivity contribution in [2.45, 2.75) is 43.0 Å². The molecule has 0 unspecified atom stereocenters. The number of hydrogen-bond donors (Lipinski definition) is 0. The summed E-state index contributed by atoms with van der Waals surface area (Å²) in [5.74, 6) is 4.58. The van der Waals surface area contributed by atoms with Crippen LogP contribution in [0.2, 0.25) is 0 Å². The molecule has 0 spiro atoms. The van der Waals surface area contributed by atoms with E-state index in [-0.39, 0.29) is 18.0 Å². The standard InChI is InChI=1S/C26H34N2O5S/c1-16(2)23-26(33-7)27-21(25(28-23)32-6)13-18-12-20(30-4)14-22(31-5)24(18)34-15-17-8-10-19(29-3)11-9-17/h8-12,14,16,21,23H,13,15H2,1-7H3/t21-,23-/m0/s1. The number of thioether (sulfide) groups is 1. The van der Waals surface area contributed by atoms with Crippen LogP contribution in [0.1, 0.15) is 25.0 Å². The van der Waals surface area contributed by atoms with Crippen LogP contribution in [0, 0.1) is 5.92 Å². The molecule has 3 rings (SSSR count). The Kier molecular flexibility index (Phi) is 9.10. The molecule has 1 aliphatic heterocycles. The van der Waals surface area contributed by atoms with Crippen molar-refractivity contribution < 1.29 is 23.7 Å². The molecule has 2 aromatic carbocycles. The molecule has 0 amide bonds. The van der Waals surface area contributed by atoms with Crippen LogP contribution < -0.4 is 14.2 Å². The Balaban J connectivity index is 1.94. The minimum Gasteiger partial charge on any atom is -0.497 e. The maximum atomic E-state index is 5.74. The second kappa shape index (κ2) is 12.0. The van der Waals surface area contributed by atoms with Crippen LogP contribution in [0.5, 0.6) is 17.2 Å². The first kappa shape index (κ1) is 25.7. The molecule has 8 heteroatoms. The van der Waals surface area contributed by atoms with Gasteiger partial charge < -0.3 is 23.7 Å². The van der Waals surface area contributed by atoms with E-state index < -0.39 is 0 Å². The van der Waals surface area contributed by atoms with Gasteiger partial charge in [0.2, 0.25) is 11.8 Å². The molecule has 0 N–H and O–H groups in total. The summed E-state index contributed by atoms with van der Waals surface area (Å²) in [5, 5.41) is 0. The molecule has 2 aromatic rings. The highest BCUT2D eigenvalue weighted by molar-refractivity contribution is 7.98. The SMILES string of the molecule is COC1=N[C@@H](C(C)C)C(OC)=N[C@H]1Cc1cc(OC)cc(OC)c1SCc1ccc(OC)cc1. The van der Waals surface area contributed by atoms with Gasteiger partial charge in [-0.05, 0) is 35.2 Å². The van der Waals surface area contributed by atoms with Gasteiger partial charge >= 0.3 is 0 Å². The normalized spacial score (nSPS) is 17.6. The van der Waals surface area contributed by atoms with E-state index in [0.717, 1.165) is 33.5 Å². The summed E-state index contributed by atoms with van der Waals surface area (Å²) in [5.41, 5.74) is 2.23. The summed E-state index contributed by atoms with van der Waals surface area (Å²) in [6.07, 6.45) is 0.572. The zero-order valence-electron chi connectivity index (χ0n) is 21.0. The van der Waals surface area contributed by atoms with Crippen molar-refractivity contribution >= 4 is 23.6 Å². The molecule has 7 nitrogen and oxygen atoms in total. The molecular formula is C26H34N2O5S. The van der Waals surface area contributed by atoms with Crippen molar-refractivity contribution in [3.8, 4) is 17.2 Å². The van der Waals surface area contributed by atoms with E-state index in [1.807, 2.05) is 24.3 Å². The average Bonchev–Trinajstić information content (AvgIpc) is 2.87. The highest BCUT2D eigenvalue weighted by atomic mass is 32.2. The van der Waals surface area contributed by atoms with Gasteiger partial charge in [-0.2, -0.15) is 0 Å². The Morgan fingerprint density at radius 1 is 0.794 bits per heavy atom. The first-order chi connectivity index (χ1) is 16.4. The van der Waals surface area contributed by atoms with Crippen molar-refractivity contribution in [2.24, 2.45) is 15.9 Å². The van der Waals surface area contributed by atoms with E-state index in [2.05, 4.69) is 26.0 Å². The van der Waals surface area contributed by atoms with Gasteiger partial charge in [0.15, 0.2) is 0 Å². The second-order valence-corrected chi connectivity index (χ2v) is 9.19. The van der Waals surface area contributed by atoms with Crippen LogP contribution in [0.25, 0.3) is 0 Å². The van der Waals surface area contributed by atoms with Crippen molar-refractivity contribution in [3.05, 3.63) is 47.5 Å². The van der Waals surface area contributed by atoms with Gasteiger partial charge in [0.1, 0.15) is 29.3 Å². The average molecular weight is 487 g/mol. The zero-order chi connectivity index (χ0) is 24.7. The van der Waals surface area contributed by atoms with E-state index in [4.69, 9.17) is 33.7 Å². The van der Waals surface area contributed by atoms with E-state index in [0.29, 0.717) is 18.2 Å². The van der Waals surface area contributed by atoms with E-state index in [1.54, 1.807) is 47.3 Å². The maximum Gasteiger partial charge on any atom is 0.209 e. The number of ether oxygens (including phenoxy) is 5. The number of aliphatic imine (C=N–C) groups is 2. The summed E-state index contributed by atoms with van der Waals surface area (Å²) in [6, 6.07) is 11.6. The number of rotatable bonds is 9. The molecule has 0 aliphatic carbocycles. The summed E-state index contributed by atoms with van der Waals surface area (Å²) >= 11 is 1.71. The van der Waals surface area contributed by atoms with Crippen molar-refractivity contribution in [1.29, 1.82) is 0 Å². The monoisotopic (exact) mass is 486 g/mol. The fourth-order valence-electron chi connectivity index (χ4n) is 3.80. The van der Waals surface area contributed by atoms with Crippen LogP contribution in [0.15, 0.2) is 51.3 Å². The first-order valence-electron chi connectivity index (χ1n) is 11.2.